The van der Waals surface area contributed by atoms with Gasteiger partial charge in [0, 0.05) is 34.1 Å². The zero-order chi connectivity index (χ0) is 41.7. The standard InChI is InChI=1S/4C9H15NO.4C2H6.5CH4/c2*1-6(2)8-5-11-10-9(8)7(3)4;2*1-6(2)8-5-10-11-9(8)7(3)4;4*1-2;;;;;/h4*5-7H,1-4H3;4*1-2H3;5*1H4. The molecule has 57 heavy (non-hydrogen) atoms. The van der Waals surface area contributed by atoms with Crippen LogP contribution in [0, 0.1) is 0 Å². The van der Waals surface area contributed by atoms with Crippen molar-refractivity contribution in [2.75, 3.05) is 0 Å². The van der Waals surface area contributed by atoms with Gasteiger partial charge in [-0.3, -0.25) is 0 Å². The van der Waals surface area contributed by atoms with E-state index in [-0.39, 0.29) is 37.1 Å². The third-order valence-corrected chi connectivity index (χ3v) is 7.14. The molecule has 0 radical (unpaired) electrons. The van der Waals surface area contributed by atoms with Crippen molar-refractivity contribution in [1.82, 2.24) is 20.6 Å². The van der Waals surface area contributed by atoms with Crippen molar-refractivity contribution < 1.29 is 18.1 Å². The second-order valence-corrected chi connectivity index (χ2v) is 13.8. The molecule has 4 aromatic heterocycles. The SMILES string of the molecule is C.C.C.C.C.CC.CC.CC.CC.CC(C)c1cnoc1C(C)C.CC(C)c1cnoc1C(C)C.CC(C)c1conc1C(C)C.CC(C)c1conc1C(C)C. The van der Waals surface area contributed by atoms with Gasteiger partial charge in [-0.25, -0.2) is 0 Å². The molecule has 0 unspecified atom stereocenters. The van der Waals surface area contributed by atoms with E-state index in [1.165, 1.54) is 22.3 Å². The van der Waals surface area contributed by atoms with Crippen LogP contribution in [0.2, 0.25) is 0 Å². The van der Waals surface area contributed by atoms with Gasteiger partial charge < -0.3 is 18.1 Å². The molecular weight excluding hydrogens is 709 g/mol. The normalized spacial score (nSPS) is 9.26. The second-order valence-electron chi connectivity index (χ2n) is 13.8. The van der Waals surface area contributed by atoms with Gasteiger partial charge in [0.15, 0.2) is 0 Å². The molecule has 0 saturated carbocycles. The lowest BCUT2D eigenvalue weighted by atomic mass is 9.98. The van der Waals surface area contributed by atoms with Gasteiger partial charge in [-0.15, -0.1) is 0 Å². The van der Waals surface area contributed by atoms with Gasteiger partial charge >= 0.3 is 0 Å². The lowest BCUT2D eigenvalue weighted by Crippen LogP contribution is -1.95. The molecule has 0 spiro atoms. The molecule has 0 N–H and O–H groups in total. The van der Waals surface area contributed by atoms with Crippen molar-refractivity contribution in [3.05, 3.63) is 70.1 Å². The Hall–Kier alpha value is -3.16. The second kappa shape index (κ2) is 44.0. The Kier molecular flexibility index (Phi) is 57.7. The summed E-state index contributed by atoms with van der Waals surface area (Å²) >= 11 is 0. The average Bonchev–Trinajstić information content (AvgIpc) is 3.95. The molecule has 4 heterocycles. The molecule has 0 aliphatic rings. The van der Waals surface area contributed by atoms with Crippen molar-refractivity contribution in [1.29, 1.82) is 0 Å². The highest BCUT2D eigenvalue weighted by Crippen LogP contribution is 2.27. The van der Waals surface area contributed by atoms with E-state index < -0.39 is 0 Å². The highest BCUT2D eigenvalue weighted by atomic mass is 16.5. The van der Waals surface area contributed by atoms with Gasteiger partial charge in [0.2, 0.25) is 0 Å². The van der Waals surface area contributed by atoms with Crippen LogP contribution >= 0.6 is 0 Å². The predicted octanol–water partition coefficient (Wildman–Crippen LogP) is 19.0. The van der Waals surface area contributed by atoms with E-state index in [9.17, 15) is 0 Å². The van der Waals surface area contributed by atoms with Crippen molar-refractivity contribution in [3.63, 3.8) is 0 Å². The lowest BCUT2D eigenvalue weighted by Gasteiger charge is -2.05. The van der Waals surface area contributed by atoms with Crippen LogP contribution in [0.4, 0.5) is 0 Å². The molecule has 0 aliphatic heterocycles. The maximum absolute atomic E-state index is 5.14. The largest absolute Gasteiger partial charge is 0.364 e. The minimum Gasteiger partial charge on any atom is -0.364 e. The topological polar surface area (TPSA) is 104 Å². The van der Waals surface area contributed by atoms with Crippen LogP contribution in [0.1, 0.15) is 296 Å². The fraction of sp³-hybridized carbons (Fsp3) is 0.755. The third-order valence-electron chi connectivity index (χ3n) is 7.14. The highest BCUT2D eigenvalue weighted by molar-refractivity contribution is 5.22. The number of rotatable bonds is 8. The van der Waals surface area contributed by atoms with E-state index in [1.807, 2.05) is 67.8 Å². The zero-order valence-corrected chi connectivity index (χ0v) is 38.4. The van der Waals surface area contributed by atoms with Gasteiger partial charge in [-0.1, -0.05) is 224 Å². The number of hydrogen-bond donors (Lipinski definition) is 0. The van der Waals surface area contributed by atoms with Gasteiger partial charge in [-0.2, -0.15) is 0 Å². The van der Waals surface area contributed by atoms with Crippen LogP contribution in [0.3, 0.4) is 0 Å². The van der Waals surface area contributed by atoms with Crippen LogP contribution in [-0.2, 0) is 0 Å². The summed E-state index contributed by atoms with van der Waals surface area (Å²) in [5.41, 5.74) is 7.14. The van der Waals surface area contributed by atoms with Gasteiger partial charge in [0.05, 0.1) is 23.8 Å². The summed E-state index contributed by atoms with van der Waals surface area (Å²) in [7, 11) is 0. The lowest BCUT2D eigenvalue weighted by molar-refractivity contribution is 0.368. The monoisotopic (exact) mass is 813 g/mol. The molecule has 0 atom stereocenters. The maximum atomic E-state index is 5.14. The van der Waals surface area contributed by atoms with E-state index in [1.54, 1.807) is 12.5 Å². The molecular formula is C49H104N4O4. The number of hydrogen-bond acceptors (Lipinski definition) is 8. The predicted molar refractivity (Wildman–Crippen MR) is 258 cm³/mol. The van der Waals surface area contributed by atoms with E-state index in [4.69, 9.17) is 18.1 Å². The van der Waals surface area contributed by atoms with E-state index in [0.29, 0.717) is 47.3 Å². The molecule has 4 rings (SSSR count). The Bertz CT molecular complexity index is 1020. The number of nitrogens with zero attached hydrogens (tertiary/aromatic N) is 4. The Morgan fingerprint density at radius 2 is 0.561 bits per heavy atom. The first-order chi connectivity index (χ1) is 24.5. The van der Waals surface area contributed by atoms with Crippen LogP contribution in [0.25, 0.3) is 0 Å². The van der Waals surface area contributed by atoms with Crippen molar-refractivity contribution >= 4 is 0 Å². The summed E-state index contributed by atoms with van der Waals surface area (Å²) in [5.74, 6) is 5.91. The summed E-state index contributed by atoms with van der Waals surface area (Å²) in [6.45, 7) is 50.2. The molecule has 344 valence electrons. The van der Waals surface area contributed by atoms with E-state index in [2.05, 4.69) is 131 Å². The van der Waals surface area contributed by atoms with Crippen LogP contribution in [-0.4, -0.2) is 20.6 Å². The number of aromatic nitrogens is 4. The quantitative estimate of drug-likeness (QED) is 0.173. The molecule has 0 bridgehead atoms. The first kappa shape index (κ1) is 74.8. The fourth-order valence-corrected chi connectivity index (χ4v) is 4.50. The average molecular weight is 813 g/mol. The van der Waals surface area contributed by atoms with Crippen LogP contribution in [0.5, 0.6) is 0 Å². The minimum absolute atomic E-state index is 0. The highest BCUT2D eigenvalue weighted by Gasteiger charge is 2.16. The summed E-state index contributed by atoms with van der Waals surface area (Å²) < 4.78 is 20.1. The Balaban J connectivity index is -0.0000000706. The third kappa shape index (κ3) is 28.8. The molecule has 4 aromatic rings. The molecule has 0 aromatic carbocycles. The molecule has 0 aliphatic carbocycles. The molecule has 8 heteroatoms. The van der Waals surface area contributed by atoms with Crippen LogP contribution < -0.4 is 0 Å². The first-order valence-corrected chi connectivity index (χ1v) is 20.3. The fourth-order valence-electron chi connectivity index (χ4n) is 4.50. The van der Waals surface area contributed by atoms with Gasteiger partial charge in [-0.05, 0) is 35.5 Å². The Labute approximate surface area is 358 Å². The van der Waals surface area contributed by atoms with Crippen LogP contribution in [0.15, 0.2) is 43.0 Å². The van der Waals surface area contributed by atoms with Gasteiger partial charge in [0.1, 0.15) is 24.0 Å². The van der Waals surface area contributed by atoms with Gasteiger partial charge in [0.25, 0.3) is 0 Å². The molecule has 0 fully saturated rings. The minimum atomic E-state index is 0. The van der Waals surface area contributed by atoms with Crippen molar-refractivity contribution in [2.45, 2.75) is 251 Å². The molecule has 8 nitrogen and oxygen atoms in total. The summed E-state index contributed by atoms with van der Waals surface area (Å²) in [6, 6.07) is 0. The van der Waals surface area contributed by atoms with E-state index >= 15 is 0 Å². The summed E-state index contributed by atoms with van der Waals surface area (Å²) in [5, 5.41) is 15.5. The van der Waals surface area contributed by atoms with Crippen molar-refractivity contribution in [3.8, 4) is 0 Å². The smallest absolute Gasteiger partial charge is 0.142 e. The Morgan fingerprint density at radius 3 is 0.702 bits per heavy atom. The summed E-state index contributed by atoms with van der Waals surface area (Å²) in [6.07, 6.45) is 7.14. The zero-order valence-electron chi connectivity index (χ0n) is 38.4. The Morgan fingerprint density at radius 1 is 0.333 bits per heavy atom. The molecule has 0 saturated heterocycles. The maximum Gasteiger partial charge on any atom is 0.142 e. The summed E-state index contributed by atoms with van der Waals surface area (Å²) in [4.78, 5) is 0. The first-order valence-electron chi connectivity index (χ1n) is 20.3. The molecule has 0 amide bonds. The van der Waals surface area contributed by atoms with E-state index in [0.717, 1.165) is 22.9 Å². The van der Waals surface area contributed by atoms with Crippen molar-refractivity contribution in [2.24, 2.45) is 0 Å².